The molecule has 0 amide bonds. The Kier molecular flexibility index (Phi) is 6.38. The summed E-state index contributed by atoms with van der Waals surface area (Å²) in [6.07, 6.45) is 12.1. The predicted molar refractivity (Wildman–Crippen MR) is 88.5 cm³/mol. The summed E-state index contributed by atoms with van der Waals surface area (Å²) < 4.78 is 0. The minimum absolute atomic E-state index is 0.619. The zero-order chi connectivity index (χ0) is 13.5. The molecule has 1 aliphatic carbocycles. The molecule has 0 saturated heterocycles. The average Bonchev–Trinajstić information content (AvgIpc) is 2.46. The van der Waals surface area contributed by atoms with Crippen molar-refractivity contribution in [1.82, 2.24) is 0 Å². The second kappa shape index (κ2) is 8.05. The molecule has 19 heavy (non-hydrogen) atoms. The fraction of sp³-hybridized carbons (Fsp3) is 0.611. The lowest BCUT2D eigenvalue weighted by molar-refractivity contribution is 0.503. The van der Waals surface area contributed by atoms with Crippen LogP contribution in [0.25, 0.3) is 0 Å². The van der Waals surface area contributed by atoms with Gasteiger partial charge < -0.3 is 0 Å². The van der Waals surface area contributed by atoms with Gasteiger partial charge in [-0.05, 0) is 54.8 Å². The van der Waals surface area contributed by atoms with E-state index in [0.717, 1.165) is 0 Å². The molecule has 1 radical (unpaired) electrons. The van der Waals surface area contributed by atoms with Crippen molar-refractivity contribution < 1.29 is 0 Å². The Morgan fingerprint density at radius 1 is 1.05 bits per heavy atom. The lowest BCUT2D eigenvalue weighted by Crippen LogP contribution is -2.06. The number of hydrogen-bond donors (Lipinski definition) is 0. The van der Waals surface area contributed by atoms with Crippen LogP contribution in [0.15, 0.2) is 24.3 Å². The summed E-state index contributed by atoms with van der Waals surface area (Å²) in [5.74, 6) is 1.79. The van der Waals surface area contributed by atoms with Crippen LogP contribution in [0.2, 0.25) is 0 Å². The molecule has 2 rings (SSSR count). The molecule has 0 N–H and O–H groups in total. The Balaban J connectivity index is 1.85. The third kappa shape index (κ3) is 4.92. The molecule has 1 aliphatic rings. The number of aryl methyl sites for hydroxylation is 1. The van der Waals surface area contributed by atoms with E-state index in [4.69, 9.17) is 0 Å². The molecule has 0 nitrogen and oxygen atoms in total. The number of unbranched alkanes of at least 4 members (excludes halogenated alkanes) is 1. The van der Waals surface area contributed by atoms with E-state index >= 15 is 0 Å². The van der Waals surface area contributed by atoms with Gasteiger partial charge in [0.15, 0.2) is 0 Å². The van der Waals surface area contributed by atoms with E-state index in [1.54, 1.807) is 5.92 Å². The highest BCUT2D eigenvalue weighted by Gasteiger charge is 2.17. The van der Waals surface area contributed by atoms with Crippen molar-refractivity contribution in [3.05, 3.63) is 41.3 Å². The maximum atomic E-state index is 3.05. The third-order valence-electron chi connectivity index (χ3n) is 4.30. The zero-order valence-corrected chi connectivity index (χ0v) is 13.5. The van der Waals surface area contributed by atoms with Crippen LogP contribution in [-0.2, 0) is 6.42 Å². The van der Waals surface area contributed by atoms with Crippen LogP contribution >= 0.6 is 9.24 Å². The van der Waals surface area contributed by atoms with Crippen molar-refractivity contribution in [2.24, 2.45) is 0 Å². The molecular formula is C18H28P. The fourth-order valence-corrected chi connectivity index (χ4v) is 3.55. The smallest absolute Gasteiger partial charge is 0.000910 e. The SMILES string of the molecule is CCCCc1ccc(C(P)C[C]2CCCCC2)cc1. The Labute approximate surface area is 121 Å². The van der Waals surface area contributed by atoms with E-state index in [2.05, 4.69) is 40.4 Å². The Morgan fingerprint density at radius 2 is 1.74 bits per heavy atom. The van der Waals surface area contributed by atoms with Crippen LogP contribution in [0.3, 0.4) is 0 Å². The van der Waals surface area contributed by atoms with Gasteiger partial charge >= 0.3 is 0 Å². The van der Waals surface area contributed by atoms with E-state index in [1.807, 2.05) is 0 Å². The first kappa shape index (κ1) is 15.0. The van der Waals surface area contributed by atoms with Crippen LogP contribution in [0.4, 0.5) is 0 Å². The van der Waals surface area contributed by atoms with Crippen LogP contribution in [0.1, 0.15) is 75.1 Å². The largest absolute Gasteiger partial charge is 0.130 e. The molecule has 2 atom stereocenters. The van der Waals surface area contributed by atoms with Gasteiger partial charge in [0, 0.05) is 0 Å². The molecule has 0 aliphatic heterocycles. The summed E-state index contributed by atoms with van der Waals surface area (Å²) in [7, 11) is 3.05. The maximum absolute atomic E-state index is 3.05. The van der Waals surface area contributed by atoms with E-state index in [-0.39, 0.29) is 0 Å². The molecule has 1 fully saturated rings. The van der Waals surface area contributed by atoms with Crippen LogP contribution in [0, 0.1) is 5.92 Å². The molecule has 0 heterocycles. The monoisotopic (exact) mass is 275 g/mol. The van der Waals surface area contributed by atoms with Gasteiger partial charge in [-0.25, -0.2) is 0 Å². The molecule has 1 heteroatoms. The molecule has 0 spiro atoms. The lowest BCUT2D eigenvalue weighted by atomic mass is 9.85. The molecule has 0 aromatic heterocycles. The van der Waals surface area contributed by atoms with Crippen molar-refractivity contribution in [2.45, 2.75) is 70.4 Å². The van der Waals surface area contributed by atoms with Gasteiger partial charge in [-0.3, -0.25) is 0 Å². The normalized spacial score (nSPS) is 18.4. The number of benzene rings is 1. The average molecular weight is 275 g/mol. The van der Waals surface area contributed by atoms with Crippen molar-refractivity contribution in [2.75, 3.05) is 0 Å². The van der Waals surface area contributed by atoms with Crippen LogP contribution in [0.5, 0.6) is 0 Å². The first-order valence-electron chi connectivity index (χ1n) is 7.97. The molecule has 1 saturated carbocycles. The molecule has 1 aromatic rings. The second-order valence-corrected chi connectivity index (χ2v) is 6.77. The van der Waals surface area contributed by atoms with Crippen molar-refractivity contribution in [1.29, 1.82) is 0 Å². The van der Waals surface area contributed by atoms with Crippen LogP contribution in [-0.4, -0.2) is 0 Å². The second-order valence-electron chi connectivity index (χ2n) is 5.97. The molecular weight excluding hydrogens is 247 g/mol. The summed E-state index contributed by atoms with van der Waals surface area (Å²) in [6, 6.07) is 9.33. The first-order valence-corrected chi connectivity index (χ1v) is 8.64. The fourth-order valence-electron chi connectivity index (χ4n) is 3.00. The topological polar surface area (TPSA) is 0 Å². The Bertz CT molecular complexity index is 348. The van der Waals surface area contributed by atoms with Gasteiger partial charge in [-0.1, -0.05) is 56.9 Å². The predicted octanol–water partition coefficient (Wildman–Crippen LogP) is 5.87. The minimum atomic E-state index is 0.619. The van der Waals surface area contributed by atoms with E-state index in [9.17, 15) is 0 Å². The Morgan fingerprint density at radius 3 is 2.37 bits per heavy atom. The van der Waals surface area contributed by atoms with Gasteiger partial charge in [-0.15, -0.1) is 9.24 Å². The summed E-state index contributed by atoms with van der Waals surface area (Å²) in [6.45, 7) is 2.26. The quantitative estimate of drug-likeness (QED) is 0.569. The van der Waals surface area contributed by atoms with Crippen molar-refractivity contribution >= 4 is 9.24 Å². The minimum Gasteiger partial charge on any atom is -0.130 e. The Hall–Kier alpha value is -0.350. The first-order chi connectivity index (χ1) is 9.29. The van der Waals surface area contributed by atoms with E-state index < -0.39 is 0 Å². The van der Waals surface area contributed by atoms with Gasteiger partial charge in [0.1, 0.15) is 0 Å². The summed E-state index contributed by atoms with van der Waals surface area (Å²) in [5.41, 5.74) is 3.60. The van der Waals surface area contributed by atoms with E-state index in [0.29, 0.717) is 5.66 Å². The summed E-state index contributed by atoms with van der Waals surface area (Å²) >= 11 is 0. The van der Waals surface area contributed by atoms with Gasteiger partial charge in [0.05, 0.1) is 0 Å². The maximum Gasteiger partial charge on any atom is -0.000910 e. The molecule has 0 bridgehead atoms. The van der Waals surface area contributed by atoms with E-state index in [1.165, 1.54) is 68.9 Å². The standard InChI is InChI=1S/C18H28P/c1-2-3-7-15-10-12-17(13-11-15)18(19)14-16-8-5-4-6-9-16/h10-13,18H,2-9,14,19H2,1H3. The highest BCUT2D eigenvalue weighted by molar-refractivity contribution is 7.17. The van der Waals surface area contributed by atoms with Gasteiger partial charge in [0.25, 0.3) is 0 Å². The number of hydrogen-bond acceptors (Lipinski definition) is 0. The van der Waals surface area contributed by atoms with Crippen molar-refractivity contribution in [3.63, 3.8) is 0 Å². The third-order valence-corrected chi connectivity index (χ3v) is 4.92. The molecule has 105 valence electrons. The molecule has 2 unspecified atom stereocenters. The summed E-state index contributed by atoms with van der Waals surface area (Å²) in [5, 5.41) is 0. The lowest BCUT2D eigenvalue weighted by Gasteiger charge is -2.24. The van der Waals surface area contributed by atoms with Gasteiger partial charge in [0.2, 0.25) is 0 Å². The zero-order valence-electron chi connectivity index (χ0n) is 12.3. The number of rotatable bonds is 6. The van der Waals surface area contributed by atoms with Gasteiger partial charge in [-0.2, -0.15) is 0 Å². The molecule has 1 aromatic carbocycles. The van der Waals surface area contributed by atoms with Crippen LogP contribution < -0.4 is 0 Å². The summed E-state index contributed by atoms with van der Waals surface area (Å²) in [4.78, 5) is 0. The highest BCUT2D eigenvalue weighted by atomic mass is 31.0. The van der Waals surface area contributed by atoms with Crippen molar-refractivity contribution in [3.8, 4) is 0 Å². The highest BCUT2D eigenvalue weighted by Crippen LogP contribution is 2.37.